The normalized spacial score (nSPS) is 15.1. The Morgan fingerprint density at radius 2 is 1.65 bits per heavy atom. The molecule has 6 heteroatoms. The quantitative estimate of drug-likeness (QED) is 0.359. The molecule has 178 valence electrons. The molecule has 1 unspecified atom stereocenters. The lowest BCUT2D eigenvalue weighted by Gasteiger charge is -2.37. The van der Waals surface area contributed by atoms with E-state index in [2.05, 4.69) is 41.9 Å². The monoisotopic (exact) mass is 523 g/mol. The van der Waals surface area contributed by atoms with Gasteiger partial charge in [-0.3, -0.25) is 4.79 Å². The van der Waals surface area contributed by atoms with Gasteiger partial charge in [0.15, 0.2) is 11.5 Å². The van der Waals surface area contributed by atoms with Crippen LogP contribution in [0.4, 0.5) is 0 Å². The summed E-state index contributed by atoms with van der Waals surface area (Å²) in [5.74, 6) is 2.56. The van der Waals surface area contributed by atoms with Gasteiger partial charge in [-0.25, -0.2) is 0 Å². The number of hydrogen-bond donors (Lipinski definition) is 0. The van der Waals surface area contributed by atoms with Gasteiger partial charge in [-0.05, 0) is 77.6 Å². The van der Waals surface area contributed by atoms with Gasteiger partial charge >= 0.3 is 0 Å². The molecule has 1 amide bonds. The van der Waals surface area contributed by atoms with Gasteiger partial charge in [-0.2, -0.15) is 0 Å². The minimum Gasteiger partial charge on any atom is -0.493 e. The molecule has 34 heavy (non-hydrogen) atoms. The highest BCUT2D eigenvalue weighted by molar-refractivity contribution is 9.10. The van der Waals surface area contributed by atoms with E-state index in [1.165, 1.54) is 5.56 Å². The van der Waals surface area contributed by atoms with Gasteiger partial charge in [0.1, 0.15) is 12.4 Å². The Morgan fingerprint density at radius 3 is 2.26 bits per heavy atom. The fraction of sp³-hybridized carbons (Fsp3) is 0.321. The molecule has 0 fully saturated rings. The molecule has 0 N–H and O–H groups in total. The van der Waals surface area contributed by atoms with Crippen molar-refractivity contribution in [2.75, 3.05) is 27.4 Å². The van der Waals surface area contributed by atoms with Gasteiger partial charge in [-0.15, -0.1) is 0 Å². The minimum atomic E-state index is -0.260. The number of ether oxygens (including phenoxy) is 3. The van der Waals surface area contributed by atoms with Crippen molar-refractivity contribution < 1.29 is 19.0 Å². The van der Waals surface area contributed by atoms with Crippen molar-refractivity contribution >= 4 is 21.8 Å². The first-order valence-electron chi connectivity index (χ1n) is 11.4. The van der Waals surface area contributed by atoms with E-state index < -0.39 is 0 Å². The van der Waals surface area contributed by atoms with Crippen molar-refractivity contribution in [2.24, 2.45) is 0 Å². The molecule has 1 aliphatic rings. The molecule has 5 nitrogen and oxygen atoms in total. The van der Waals surface area contributed by atoms with E-state index in [0.717, 1.165) is 27.8 Å². The molecule has 3 aromatic carbocycles. The van der Waals surface area contributed by atoms with Crippen LogP contribution in [-0.2, 0) is 6.42 Å². The van der Waals surface area contributed by atoms with Gasteiger partial charge in [0.05, 0.1) is 20.3 Å². The lowest BCUT2D eigenvalue weighted by Crippen LogP contribution is -2.42. The molecular weight excluding hydrogens is 494 g/mol. The molecule has 1 heterocycles. The topological polar surface area (TPSA) is 48.0 Å². The Balaban J connectivity index is 1.67. The highest BCUT2D eigenvalue weighted by atomic mass is 79.9. The summed E-state index contributed by atoms with van der Waals surface area (Å²) in [5.41, 5.74) is 4.08. The highest BCUT2D eigenvalue weighted by Crippen LogP contribution is 2.39. The van der Waals surface area contributed by atoms with Gasteiger partial charge in [0.25, 0.3) is 5.91 Å². The largest absolute Gasteiger partial charge is 0.493 e. The van der Waals surface area contributed by atoms with E-state index >= 15 is 0 Å². The third kappa shape index (κ3) is 5.07. The number of fused-ring (bicyclic) bond motifs is 1. The summed E-state index contributed by atoms with van der Waals surface area (Å²) >= 11 is 3.45. The predicted molar refractivity (Wildman–Crippen MR) is 137 cm³/mol. The Labute approximate surface area is 209 Å². The zero-order chi connectivity index (χ0) is 24.2. The summed E-state index contributed by atoms with van der Waals surface area (Å²) in [7, 11) is 3.26. The Morgan fingerprint density at radius 1 is 1.00 bits per heavy atom. The van der Waals surface area contributed by atoms with Crippen LogP contribution >= 0.6 is 15.9 Å². The van der Waals surface area contributed by atoms with E-state index in [1.807, 2.05) is 53.4 Å². The summed E-state index contributed by atoms with van der Waals surface area (Å²) in [6.07, 6.45) is 0.734. The SMILES string of the molecule is COc1cc2c(cc1OC)C(COc1ccc(C(C)C)cc1)N(C(=O)c1ccc(Br)cc1)CC2. The molecule has 0 bridgehead atoms. The van der Waals surface area contributed by atoms with Crippen LogP contribution in [0.25, 0.3) is 0 Å². The third-order valence-electron chi connectivity index (χ3n) is 6.31. The molecule has 0 radical (unpaired) electrons. The Hall–Kier alpha value is -2.99. The summed E-state index contributed by atoms with van der Waals surface area (Å²) in [6.45, 7) is 5.27. The zero-order valence-corrected chi connectivity index (χ0v) is 21.6. The zero-order valence-electron chi connectivity index (χ0n) is 20.0. The van der Waals surface area contributed by atoms with E-state index in [0.29, 0.717) is 36.1 Å². The number of rotatable bonds is 7. The molecule has 0 saturated carbocycles. The lowest BCUT2D eigenvalue weighted by atomic mass is 9.91. The van der Waals surface area contributed by atoms with E-state index in [4.69, 9.17) is 14.2 Å². The van der Waals surface area contributed by atoms with Crippen molar-refractivity contribution in [3.05, 3.63) is 87.4 Å². The smallest absolute Gasteiger partial charge is 0.254 e. The van der Waals surface area contributed by atoms with Crippen molar-refractivity contribution in [1.29, 1.82) is 0 Å². The van der Waals surface area contributed by atoms with Crippen LogP contribution in [0.3, 0.4) is 0 Å². The minimum absolute atomic E-state index is 0.0170. The van der Waals surface area contributed by atoms with Crippen LogP contribution < -0.4 is 14.2 Å². The van der Waals surface area contributed by atoms with Crippen LogP contribution in [0.5, 0.6) is 17.2 Å². The standard InChI is InChI=1S/C28H30BrNO4/c1-18(2)19-7-11-23(12-8-19)34-17-25-24-16-27(33-4)26(32-3)15-21(24)13-14-30(25)28(31)20-5-9-22(29)10-6-20/h5-12,15-16,18,25H,13-14,17H2,1-4H3. The number of methoxy groups -OCH3 is 2. The lowest BCUT2D eigenvalue weighted by molar-refractivity contribution is 0.0589. The van der Waals surface area contributed by atoms with Gasteiger partial charge in [-0.1, -0.05) is 41.9 Å². The molecule has 0 aliphatic carbocycles. The van der Waals surface area contributed by atoms with Crippen molar-refractivity contribution in [1.82, 2.24) is 4.90 Å². The molecular formula is C28H30BrNO4. The maximum atomic E-state index is 13.5. The summed E-state index contributed by atoms with van der Waals surface area (Å²) in [6, 6.07) is 19.4. The molecule has 3 aromatic rings. The van der Waals surface area contributed by atoms with Crippen LogP contribution in [0.15, 0.2) is 65.1 Å². The van der Waals surface area contributed by atoms with E-state index in [9.17, 15) is 4.79 Å². The van der Waals surface area contributed by atoms with Crippen molar-refractivity contribution in [2.45, 2.75) is 32.2 Å². The fourth-order valence-corrected chi connectivity index (χ4v) is 4.60. The van der Waals surface area contributed by atoms with Gasteiger partial charge < -0.3 is 19.1 Å². The average Bonchev–Trinajstić information content (AvgIpc) is 2.86. The van der Waals surface area contributed by atoms with Crippen LogP contribution in [-0.4, -0.2) is 38.2 Å². The maximum Gasteiger partial charge on any atom is 0.254 e. The number of hydrogen-bond acceptors (Lipinski definition) is 4. The number of carbonyl (C=O) groups excluding carboxylic acids is 1. The molecule has 1 atom stereocenters. The first-order valence-corrected chi connectivity index (χ1v) is 12.2. The Bertz CT molecular complexity index is 1140. The van der Waals surface area contributed by atoms with Crippen molar-refractivity contribution in [3.63, 3.8) is 0 Å². The second-order valence-corrected chi connectivity index (χ2v) is 9.63. The Kier molecular flexibility index (Phi) is 7.47. The first-order chi connectivity index (χ1) is 16.4. The number of nitrogens with zero attached hydrogens (tertiary/aromatic N) is 1. The summed E-state index contributed by atoms with van der Waals surface area (Å²) in [4.78, 5) is 15.4. The molecule has 1 aliphatic heterocycles. The van der Waals surface area contributed by atoms with Gasteiger partial charge in [0, 0.05) is 16.6 Å². The van der Waals surface area contributed by atoms with E-state index in [-0.39, 0.29) is 11.9 Å². The maximum absolute atomic E-state index is 13.5. The second kappa shape index (κ2) is 10.5. The molecule has 0 saturated heterocycles. The number of carbonyl (C=O) groups is 1. The van der Waals surface area contributed by atoms with E-state index in [1.54, 1.807) is 14.2 Å². The molecule has 4 rings (SSSR count). The van der Waals surface area contributed by atoms with Crippen LogP contribution in [0.2, 0.25) is 0 Å². The summed E-state index contributed by atoms with van der Waals surface area (Å²) in [5, 5.41) is 0. The fourth-order valence-electron chi connectivity index (χ4n) is 4.33. The second-order valence-electron chi connectivity index (χ2n) is 8.71. The van der Waals surface area contributed by atoms with Gasteiger partial charge in [0.2, 0.25) is 0 Å². The molecule has 0 aromatic heterocycles. The highest BCUT2D eigenvalue weighted by Gasteiger charge is 2.33. The number of halogens is 1. The number of amides is 1. The third-order valence-corrected chi connectivity index (χ3v) is 6.84. The predicted octanol–water partition coefficient (Wildman–Crippen LogP) is 6.41. The van der Waals surface area contributed by atoms with Crippen LogP contribution in [0.1, 0.15) is 52.9 Å². The number of benzene rings is 3. The van der Waals surface area contributed by atoms with Crippen molar-refractivity contribution in [3.8, 4) is 17.2 Å². The first kappa shape index (κ1) is 24.1. The summed E-state index contributed by atoms with van der Waals surface area (Å²) < 4.78 is 18.2. The average molecular weight is 524 g/mol. The molecule has 0 spiro atoms. The van der Waals surface area contributed by atoms with Crippen LogP contribution in [0, 0.1) is 0 Å².